The molecular formula is C18H32N2O3. The van der Waals surface area contributed by atoms with E-state index in [2.05, 4.69) is 4.90 Å². The van der Waals surface area contributed by atoms with Gasteiger partial charge in [-0.25, -0.2) is 4.79 Å². The number of likely N-dealkylation sites (tertiary alicyclic amines) is 2. The van der Waals surface area contributed by atoms with Crippen molar-refractivity contribution in [2.24, 2.45) is 5.92 Å². The number of carbonyl (C=O) groups excluding carboxylic acids is 1. The van der Waals surface area contributed by atoms with Gasteiger partial charge >= 0.3 is 6.09 Å². The number of hydrogen-bond acceptors (Lipinski definition) is 4. The highest BCUT2D eigenvalue weighted by molar-refractivity contribution is 5.67. The Bertz CT molecular complexity index is 390. The Balaban J connectivity index is 1.40. The van der Waals surface area contributed by atoms with Crippen LogP contribution >= 0.6 is 0 Å². The van der Waals surface area contributed by atoms with Crippen LogP contribution in [0.3, 0.4) is 0 Å². The lowest BCUT2D eigenvalue weighted by Gasteiger charge is -2.42. The molecule has 0 radical (unpaired) electrons. The van der Waals surface area contributed by atoms with Gasteiger partial charge in [-0.15, -0.1) is 0 Å². The molecular weight excluding hydrogens is 292 g/mol. The van der Waals surface area contributed by atoms with E-state index in [1.807, 2.05) is 18.7 Å². The van der Waals surface area contributed by atoms with Crippen molar-refractivity contribution < 1.29 is 14.3 Å². The number of ether oxygens (including phenoxy) is 2. The van der Waals surface area contributed by atoms with Crippen molar-refractivity contribution in [2.45, 2.75) is 70.6 Å². The lowest BCUT2D eigenvalue weighted by molar-refractivity contribution is -0.0257. The van der Waals surface area contributed by atoms with Crippen molar-refractivity contribution in [3.63, 3.8) is 0 Å². The summed E-state index contributed by atoms with van der Waals surface area (Å²) in [6, 6.07) is 0.602. The van der Waals surface area contributed by atoms with Crippen LogP contribution in [-0.4, -0.2) is 66.9 Å². The predicted molar refractivity (Wildman–Crippen MR) is 89.5 cm³/mol. The van der Waals surface area contributed by atoms with Crippen molar-refractivity contribution in [3.05, 3.63) is 0 Å². The summed E-state index contributed by atoms with van der Waals surface area (Å²) < 4.78 is 11.4. The molecule has 2 heterocycles. The monoisotopic (exact) mass is 324 g/mol. The molecule has 0 bridgehead atoms. The molecule has 1 saturated carbocycles. The minimum Gasteiger partial charge on any atom is -0.447 e. The van der Waals surface area contributed by atoms with Gasteiger partial charge in [0.25, 0.3) is 0 Å². The van der Waals surface area contributed by atoms with E-state index in [0.717, 1.165) is 45.0 Å². The molecule has 3 fully saturated rings. The first-order chi connectivity index (χ1) is 11.1. The third-order valence-electron chi connectivity index (χ3n) is 5.25. The first-order valence-corrected chi connectivity index (χ1v) is 9.43. The first kappa shape index (κ1) is 17.0. The average Bonchev–Trinajstić information content (AvgIpc) is 3.37. The Morgan fingerprint density at radius 2 is 1.83 bits per heavy atom. The maximum absolute atomic E-state index is 12.0. The molecule has 1 amide bonds. The minimum absolute atomic E-state index is 0.0355. The van der Waals surface area contributed by atoms with Crippen LogP contribution < -0.4 is 0 Å². The Hall–Kier alpha value is -0.810. The van der Waals surface area contributed by atoms with Crippen LogP contribution in [0.25, 0.3) is 0 Å². The molecule has 1 unspecified atom stereocenters. The Morgan fingerprint density at radius 3 is 2.48 bits per heavy atom. The van der Waals surface area contributed by atoms with Crippen molar-refractivity contribution >= 4 is 6.09 Å². The van der Waals surface area contributed by atoms with E-state index in [4.69, 9.17) is 9.47 Å². The smallest absolute Gasteiger partial charge is 0.410 e. The molecule has 0 aromatic rings. The number of rotatable bonds is 5. The minimum atomic E-state index is -0.150. The molecule has 3 aliphatic rings. The zero-order chi connectivity index (χ0) is 16.2. The predicted octanol–water partition coefficient (Wildman–Crippen LogP) is 2.89. The van der Waals surface area contributed by atoms with Crippen LogP contribution in [0.2, 0.25) is 0 Å². The summed E-state index contributed by atoms with van der Waals surface area (Å²) in [5.74, 6) is 0.848. The first-order valence-electron chi connectivity index (χ1n) is 9.43. The maximum Gasteiger partial charge on any atom is 0.410 e. The molecule has 0 spiro atoms. The van der Waals surface area contributed by atoms with E-state index >= 15 is 0 Å². The molecule has 3 rings (SSSR count). The summed E-state index contributed by atoms with van der Waals surface area (Å²) in [5.41, 5.74) is 0. The molecule has 0 aromatic carbocycles. The number of carbonyl (C=O) groups is 1. The second-order valence-electron chi connectivity index (χ2n) is 7.69. The van der Waals surface area contributed by atoms with Gasteiger partial charge in [0.05, 0.1) is 12.2 Å². The Labute approximate surface area is 140 Å². The SMILES string of the molecule is CC(C)OC(=O)N1CCC(N2CCCC(OCC3CC3)C2)CC1. The van der Waals surface area contributed by atoms with Gasteiger partial charge in [0.1, 0.15) is 0 Å². The lowest BCUT2D eigenvalue weighted by Crippen LogP contribution is -2.51. The second-order valence-corrected chi connectivity index (χ2v) is 7.69. The summed E-state index contributed by atoms with van der Waals surface area (Å²) in [4.78, 5) is 16.4. The van der Waals surface area contributed by atoms with E-state index in [1.54, 1.807) is 0 Å². The van der Waals surface area contributed by atoms with Gasteiger partial charge in [-0.2, -0.15) is 0 Å². The fourth-order valence-corrected chi connectivity index (χ4v) is 3.68. The van der Waals surface area contributed by atoms with E-state index in [9.17, 15) is 4.79 Å². The standard InChI is InChI=1S/C18H32N2O3/c1-14(2)23-18(21)19-10-7-16(8-11-19)20-9-3-4-17(12-20)22-13-15-5-6-15/h14-17H,3-13H2,1-2H3. The van der Waals surface area contributed by atoms with E-state index < -0.39 is 0 Å². The van der Waals surface area contributed by atoms with Gasteiger partial charge in [0.2, 0.25) is 0 Å². The van der Waals surface area contributed by atoms with E-state index in [1.165, 1.54) is 32.2 Å². The van der Waals surface area contributed by atoms with Gasteiger partial charge in [-0.1, -0.05) is 0 Å². The zero-order valence-electron chi connectivity index (χ0n) is 14.7. The topological polar surface area (TPSA) is 42.0 Å². The normalized spacial score (nSPS) is 27.4. The maximum atomic E-state index is 12.0. The number of amides is 1. The summed E-state index contributed by atoms with van der Waals surface area (Å²) >= 11 is 0. The van der Waals surface area contributed by atoms with Crippen LogP contribution in [0.15, 0.2) is 0 Å². The Kier molecular flexibility index (Phi) is 5.81. The third kappa shape index (κ3) is 5.08. The van der Waals surface area contributed by atoms with Gasteiger partial charge in [0.15, 0.2) is 0 Å². The summed E-state index contributed by atoms with van der Waals surface area (Å²) in [6.07, 6.45) is 7.53. The van der Waals surface area contributed by atoms with Gasteiger partial charge < -0.3 is 14.4 Å². The van der Waals surface area contributed by atoms with Crippen molar-refractivity contribution in [1.29, 1.82) is 0 Å². The van der Waals surface area contributed by atoms with Gasteiger partial charge in [0, 0.05) is 32.3 Å². The Morgan fingerprint density at radius 1 is 1.09 bits per heavy atom. The van der Waals surface area contributed by atoms with Crippen LogP contribution in [0.1, 0.15) is 52.4 Å². The van der Waals surface area contributed by atoms with E-state index in [-0.39, 0.29) is 12.2 Å². The molecule has 132 valence electrons. The molecule has 23 heavy (non-hydrogen) atoms. The van der Waals surface area contributed by atoms with E-state index in [0.29, 0.717) is 12.1 Å². The highest BCUT2D eigenvalue weighted by Crippen LogP contribution is 2.30. The largest absolute Gasteiger partial charge is 0.447 e. The molecule has 1 aliphatic carbocycles. The number of hydrogen-bond donors (Lipinski definition) is 0. The molecule has 0 N–H and O–H groups in total. The molecule has 0 aromatic heterocycles. The molecule has 2 saturated heterocycles. The fraction of sp³-hybridized carbons (Fsp3) is 0.944. The molecule has 5 nitrogen and oxygen atoms in total. The fourth-order valence-electron chi connectivity index (χ4n) is 3.68. The quantitative estimate of drug-likeness (QED) is 0.780. The van der Waals surface area contributed by atoms with Gasteiger partial charge in [-0.05, 0) is 64.8 Å². The summed E-state index contributed by atoms with van der Waals surface area (Å²) in [7, 11) is 0. The lowest BCUT2D eigenvalue weighted by atomic mass is 9.99. The second kappa shape index (κ2) is 7.84. The molecule has 1 atom stereocenters. The number of nitrogens with zero attached hydrogens (tertiary/aromatic N) is 2. The highest BCUT2D eigenvalue weighted by Gasteiger charge is 2.32. The van der Waals surface area contributed by atoms with Crippen LogP contribution in [0, 0.1) is 5.92 Å². The van der Waals surface area contributed by atoms with Crippen LogP contribution in [0.4, 0.5) is 4.79 Å². The molecule has 5 heteroatoms. The zero-order valence-corrected chi connectivity index (χ0v) is 14.7. The van der Waals surface area contributed by atoms with Crippen molar-refractivity contribution in [2.75, 3.05) is 32.8 Å². The van der Waals surface area contributed by atoms with Gasteiger partial charge in [-0.3, -0.25) is 4.90 Å². The number of piperidine rings is 2. The van der Waals surface area contributed by atoms with Crippen molar-refractivity contribution in [3.8, 4) is 0 Å². The summed E-state index contributed by atoms with van der Waals surface area (Å²) in [5, 5.41) is 0. The third-order valence-corrected chi connectivity index (χ3v) is 5.25. The average molecular weight is 324 g/mol. The molecule has 2 aliphatic heterocycles. The van der Waals surface area contributed by atoms with Crippen LogP contribution in [-0.2, 0) is 9.47 Å². The highest BCUT2D eigenvalue weighted by atomic mass is 16.6. The van der Waals surface area contributed by atoms with Crippen LogP contribution in [0.5, 0.6) is 0 Å². The summed E-state index contributed by atoms with van der Waals surface area (Å²) in [6.45, 7) is 8.68. The van der Waals surface area contributed by atoms with Crippen molar-refractivity contribution in [1.82, 2.24) is 9.80 Å².